The molecule has 1 heterocycles. The average Bonchev–Trinajstić information content (AvgIpc) is 2.67. The number of nitrogens with one attached hydrogen (secondary N) is 1. The molecule has 2 atom stereocenters. The molecule has 1 amide bonds. The second-order valence-corrected chi connectivity index (χ2v) is 10.1. The van der Waals surface area contributed by atoms with Crippen LogP contribution in [0, 0.1) is 11.8 Å². The molecule has 0 radical (unpaired) electrons. The van der Waals surface area contributed by atoms with E-state index in [9.17, 15) is 26.4 Å². The molecule has 0 spiro atoms. The van der Waals surface area contributed by atoms with Crippen LogP contribution in [0.3, 0.4) is 0 Å². The van der Waals surface area contributed by atoms with Gasteiger partial charge in [0.25, 0.3) is 15.9 Å². The summed E-state index contributed by atoms with van der Waals surface area (Å²) in [5, 5.41) is -0.180. The SMILES string of the molecule is C[C@@H]1C[C@H](C)CN(C(=O)c2cccc(S(=O)(=O)Nc3cc(C(F)(F)F)ccc3Cl)c2)C1. The molecule has 31 heavy (non-hydrogen) atoms. The molecule has 2 aromatic carbocycles. The smallest absolute Gasteiger partial charge is 0.338 e. The van der Waals surface area contributed by atoms with Crippen LogP contribution in [0.15, 0.2) is 47.4 Å². The Bertz CT molecular complexity index is 1080. The number of halogens is 4. The normalized spacial score (nSPS) is 19.9. The van der Waals surface area contributed by atoms with E-state index in [0.717, 1.165) is 18.6 Å². The number of alkyl halides is 3. The van der Waals surface area contributed by atoms with E-state index < -0.39 is 27.5 Å². The lowest BCUT2D eigenvalue weighted by Gasteiger charge is -2.35. The van der Waals surface area contributed by atoms with Crippen LogP contribution in [0.25, 0.3) is 0 Å². The first-order valence-electron chi connectivity index (χ1n) is 9.65. The van der Waals surface area contributed by atoms with Crippen LogP contribution < -0.4 is 4.72 Å². The summed E-state index contributed by atoms with van der Waals surface area (Å²) in [6.45, 7) is 5.27. The zero-order valence-electron chi connectivity index (χ0n) is 16.9. The number of amides is 1. The first-order valence-corrected chi connectivity index (χ1v) is 11.5. The minimum Gasteiger partial charge on any atom is -0.338 e. The van der Waals surface area contributed by atoms with Crippen LogP contribution in [-0.4, -0.2) is 32.3 Å². The molecule has 1 fully saturated rings. The van der Waals surface area contributed by atoms with Gasteiger partial charge in [-0.05, 0) is 54.7 Å². The standard InChI is InChI=1S/C21H22ClF3N2O3S/c1-13-8-14(2)12-27(11-13)20(28)15-4-3-5-17(9-15)31(29,30)26-19-10-16(21(23,24)25)6-7-18(19)22/h3-7,9-10,13-14,26H,8,11-12H2,1-2H3/t13-,14+. The monoisotopic (exact) mass is 474 g/mol. The van der Waals surface area contributed by atoms with Gasteiger partial charge in [0, 0.05) is 18.7 Å². The number of benzene rings is 2. The van der Waals surface area contributed by atoms with E-state index in [2.05, 4.69) is 18.6 Å². The van der Waals surface area contributed by atoms with Gasteiger partial charge in [0.1, 0.15) is 0 Å². The number of nitrogens with zero attached hydrogens (tertiary/aromatic N) is 1. The van der Waals surface area contributed by atoms with Gasteiger partial charge >= 0.3 is 6.18 Å². The van der Waals surface area contributed by atoms with Gasteiger partial charge < -0.3 is 4.90 Å². The van der Waals surface area contributed by atoms with Gasteiger partial charge in [-0.3, -0.25) is 9.52 Å². The molecular formula is C21H22ClF3N2O3S. The molecule has 0 saturated carbocycles. The molecule has 5 nitrogen and oxygen atoms in total. The van der Waals surface area contributed by atoms with E-state index in [1.54, 1.807) is 4.90 Å². The maximum atomic E-state index is 13.0. The highest BCUT2D eigenvalue weighted by Crippen LogP contribution is 2.34. The number of carbonyl (C=O) groups is 1. The number of carbonyl (C=O) groups excluding carboxylic acids is 1. The van der Waals surface area contributed by atoms with Gasteiger partial charge in [0.2, 0.25) is 0 Å². The average molecular weight is 475 g/mol. The number of anilines is 1. The van der Waals surface area contributed by atoms with Crippen molar-refractivity contribution in [3.05, 3.63) is 58.6 Å². The Morgan fingerprint density at radius 2 is 1.74 bits per heavy atom. The zero-order chi connectivity index (χ0) is 23.0. The topological polar surface area (TPSA) is 66.5 Å². The van der Waals surface area contributed by atoms with E-state index in [-0.39, 0.29) is 21.4 Å². The third-order valence-corrected chi connectivity index (χ3v) is 6.78. The van der Waals surface area contributed by atoms with Gasteiger partial charge in [0.05, 0.1) is 21.2 Å². The van der Waals surface area contributed by atoms with Crippen LogP contribution in [0.2, 0.25) is 5.02 Å². The molecule has 168 valence electrons. The Morgan fingerprint density at radius 3 is 2.35 bits per heavy atom. The van der Waals surface area contributed by atoms with Crippen molar-refractivity contribution in [2.75, 3.05) is 17.8 Å². The number of hydrogen-bond donors (Lipinski definition) is 1. The lowest BCUT2D eigenvalue weighted by atomic mass is 9.91. The highest BCUT2D eigenvalue weighted by molar-refractivity contribution is 7.92. The van der Waals surface area contributed by atoms with Gasteiger partial charge in [-0.25, -0.2) is 8.42 Å². The fourth-order valence-electron chi connectivity index (χ4n) is 3.79. The number of rotatable bonds is 4. The molecular weight excluding hydrogens is 453 g/mol. The maximum Gasteiger partial charge on any atom is 0.416 e. The summed E-state index contributed by atoms with van der Waals surface area (Å²) in [7, 11) is -4.28. The Hall–Kier alpha value is -2.26. The highest BCUT2D eigenvalue weighted by atomic mass is 35.5. The lowest BCUT2D eigenvalue weighted by molar-refractivity contribution is -0.137. The Labute approximate surface area is 184 Å². The van der Waals surface area contributed by atoms with Crippen molar-refractivity contribution >= 4 is 33.2 Å². The van der Waals surface area contributed by atoms with Crippen LogP contribution in [-0.2, 0) is 16.2 Å². The van der Waals surface area contributed by atoms with E-state index >= 15 is 0 Å². The summed E-state index contributed by atoms with van der Waals surface area (Å²) in [6.07, 6.45) is -3.64. The first-order chi connectivity index (χ1) is 14.4. The number of sulfonamides is 1. The second-order valence-electron chi connectivity index (χ2n) is 7.98. The van der Waals surface area contributed by atoms with Crippen molar-refractivity contribution in [2.24, 2.45) is 11.8 Å². The minimum atomic E-state index is -4.65. The van der Waals surface area contributed by atoms with Crippen molar-refractivity contribution in [2.45, 2.75) is 31.3 Å². The fraction of sp³-hybridized carbons (Fsp3) is 0.381. The Balaban J connectivity index is 1.87. The van der Waals surface area contributed by atoms with Crippen molar-refractivity contribution in [1.29, 1.82) is 0 Å². The third-order valence-electron chi connectivity index (χ3n) is 5.09. The van der Waals surface area contributed by atoms with Crippen LogP contribution in [0.4, 0.5) is 18.9 Å². The first kappa shape index (κ1) is 23.4. The molecule has 1 aliphatic rings. The Morgan fingerprint density at radius 1 is 1.10 bits per heavy atom. The quantitative estimate of drug-likeness (QED) is 0.655. The molecule has 1 saturated heterocycles. The molecule has 0 aliphatic carbocycles. The largest absolute Gasteiger partial charge is 0.416 e. The van der Waals surface area contributed by atoms with Gasteiger partial charge in [-0.1, -0.05) is 31.5 Å². The maximum absolute atomic E-state index is 13.0. The zero-order valence-corrected chi connectivity index (χ0v) is 18.5. The molecule has 0 unspecified atom stereocenters. The fourth-order valence-corrected chi connectivity index (χ4v) is 5.13. The van der Waals surface area contributed by atoms with Gasteiger partial charge in [-0.2, -0.15) is 13.2 Å². The van der Waals surface area contributed by atoms with Crippen molar-refractivity contribution < 1.29 is 26.4 Å². The van der Waals surface area contributed by atoms with E-state index in [0.29, 0.717) is 31.0 Å². The molecule has 10 heteroatoms. The summed E-state index contributed by atoms with van der Waals surface area (Å²) in [5.41, 5.74) is -1.24. The summed E-state index contributed by atoms with van der Waals surface area (Å²) < 4.78 is 66.6. The van der Waals surface area contributed by atoms with Crippen LogP contribution >= 0.6 is 11.6 Å². The molecule has 0 bridgehead atoms. The predicted octanol–water partition coefficient (Wildman–Crippen LogP) is 5.28. The van der Waals surface area contributed by atoms with E-state index in [1.165, 1.54) is 24.3 Å². The highest BCUT2D eigenvalue weighted by Gasteiger charge is 2.32. The second kappa shape index (κ2) is 8.70. The van der Waals surface area contributed by atoms with Gasteiger partial charge in [0.15, 0.2) is 0 Å². The van der Waals surface area contributed by atoms with Crippen LogP contribution in [0.5, 0.6) is 0 Å². The van der Waals surface area contributed by atoms with E-state index in [1.807, 2.05) is 0 Å². The summed E-state index contributed by atoms with van der Waals surface area (Å²) >= 11 is 5.90. The molecule has 1 aliphatic heterocycles. The summed E-state index contributed by atoms with van der Waals surface area (Å²) in [4.78, 5) is 14.4. The minimum absolute atomic E-state index is 0.180. The third kappa shape index (κ3) is 5.51. The summed E-state index contributed by atoms with van der Waals surface area (Å²) in [5.74, 6) is 0.390. The molecule has 3 rings (SSSR count). The Kier molecular flexibility index (Phi) is 6.57. The van der Waals surface area contributed by atoms with E-state index in [4.69, 9.17) is 11.6 Å². The molecule has 1 N–H and O–H groups in total. The number of hydrogen-bond acceptors (Lipinski definition) is 3. The summed E-state index contributed by atoms with van der Waals surface area (Å²) in [6, 6.07) is 7.79. The lowest BCUT2D eigenvalue weighted by Crippen LogP contribution is -2.42. The van der Waals surface area contributed by atoms with Crippen molar-refractivity contribution in [3.8, 4) is 0 Å². The van der Waals surface area contributed by atoms with Crippen molar-refractivity contribution in [3.63, 3.8) is 0 Å². The number of likely N-dealkylation sites (tertiary alicyclic amines) is 1. The molecule has 2 aromatic rings. The predicted molar refractivity (Wildman–Crippen MR) is 113 cm³/mol. The van der Waals surface area contributed by atoms with Gasteiger partial charge in [-0.15, -0.1) is 0 Å². The van der Waals surface area contributed by atoms with Crippen molar-refractivity contribution in [1.82, 2.24) is 4.90 Å². The molecule has 0 aromatic heterocycles. The number of piperidine rings is 1. The van der Waals surface area contributed by atoms with Crippen LogP contribution in [0.1, 0.15) is 36.2 Å².